The molecule has 0 saturated carbocycles. The van der Waals surface area contributed by atoms with Gasteiger partial charge in [-0.3, -0.25) is 0 Å². The fourth-order valence-corrected chi connectivity index (χ4v) is 1.36. The predicted molar refractivity (Wildman–Crippen MR) is 50.1 cm³/mol. The van der Waals surface area contributed by atoms with E-state index in [2.05, 4.69) is 9.72 Å². The second-order valence-corrected chi connectivity index (χ2v) is 3.27. The number of rotatable bonds is 3. The number of halogens is 6. The molecule has 0 N–H and O–H groups in total. The Morgan fingerprint density at radius 1 is 1.42 bits per heavy atom. The summed E-state index contributed by atoms with van der Waals surface area (Å²) < 4.78 is 80.6. The third kappa shape index (κ3) is 3.15. The Kier molecular flexibility index (Phi) is 4.38. The van der Waals surface area contributed by atoms with Crippen LogP contribution >= 0.6 is 0 Å². The second-order valence-electron chi connectivity index (χ2n) is 3.27. The summed E-state index contributed by atoms with van der Waals surface area (Å²) in [5, 5.41) is 0. The van der Waals surface area contributed by atoms with Crippen LogP contribution in [0.5, 0.6) is 0 Å². The third-order valence-corrected chi connectivity index (χ3v) is 2.06. The van der Waals surface area contributed by atoms with Crippen LogP contribution in [0.25, 0.3) is 0 Å². The van der Waals surface area contributed by atoms with Crippen molar-refractivity contribution in [2.75, 3.05) is 6.61 Å². The molecule has 0 spiro atoms. The summed E-state index contributed by atoms with van der Waals surface area (Å²) >= 11 is 0. The van der Waals surface area contributed by atoms with E-state index in [1.807, 2.05) is 0 Å². The highest BCUT2D eigenvalue weighted by molar-refractivity contribution is 5.91. The maximum atomic E-state index is 13.2. The zero-order valence-corrected chi connectivity index (χ0v) is 9.39. The van der Waals surface area contributed by atoms with Crippen molar-refractivity contribution in [3.8, 4) is 0 Å². The summed E-state index contributed by atoms with van der Waals surface area (Å²) in [7, 11) is 0. The van der Waals surface area contributed by atoms with Gasteiger partial charge in [0.05, 0.1) is 12.2 Å². The van der Waals surface area contributed by atoms with Crippen LogP contribution in [-0.2, 0) is 10.9 Å². The lowest BCUT2D eigenvalue weighted by molar-refractivity contribution is -0.140. The number of pyridine rings is 1. The van der Waals surface area contributed by atoms with E-state index in [9.17, 15) is 31.1 Å². The standard InChI is InChI=1S/C10H7F6NO2/c1-2-19-9(18)5-6(10(14,15)16)4(7(11)12)3-17-8(5)13/h3,7H,2H2,1H3. The molecule has 0 fully saturated rings. The van der Waals surface area contributed by atoms with Gasteiger partial charge in [0.1, 0.15) is 5.56 Å². The molecule has 1 aromatic heterocycles. The molecule has 0 aliphatic rings. The molecular formula is C10H7F6NO2. The molecule has 1 heterocycles. The lowest BCUT2D eigenvalue weighted by Crippen LogP contribution is -2.21. The van der Waals surface area contributed by atoms with Crippen molar-refractivity contribution in [3.63, 3.8) is 0 Å². The number of ether oxygens (including phenoxy) is 1. The van der Waals surface area contributed by atoms with Crippen LogP contribution in [0.3, 0.4) is 0 Å². The number of hydrogen-bond donors (Lipinski definition) is 0. The molecular weight excluding hydrogens is 280 g/mol. The Hall–Kier alpha value is -1.80. The molecule has 9 heteroatoms. The largest absolute Gasteiger partial charge is 0.462 e. The molecule has 106 valence electrons. The number of alkyl halides is 5. The average molecular weight is 287 g/mol. The topological polar surface area (TPSA) is 39.2 Å². The van der Waals surface area contributed by atoms with Gasteiger partial charge < -0.3 is 4.74 Å². The van der Waals surface area contributed by atoms with Crippen LogP contribution in [-0.4, -0.2) is 17.6 Å². The molecule has 0 amide bonds. The average Bonchev–Trinajstić information content (AvgIpc) is 2.26. The lowest BCUT2D eigenvalue weighted by Gasteiger charge is -2.16. The van der Waals surface area contributed by atoms with Gasteiger partial charge in [-0.1, -0.05) is 0 Å². The van der Waals surface area contributed by atoms with Gasteiger partial charge in [-0.25, -0.2) is 18.6 Å². The molecule has 0 bridgehead atoms. The van der Waals surface area contributed by atoms with Crippen LogP contribution in [0.1, 0.15) is 34.8 Å². The van der Waals surface area contributed by atoms with Crippen molar-refractivity contribution in [1.82, 2.24) is 4.98 Å². The van der Waals surface area contributed by atoms with Crippen molar-refractivity contribution in [3.05, 3.63) is 28.8 Å². The lowest BCUT2D eigenvalue weighted by atomic mass is 10.0. The number of esters is 1. The minimum atomic E-state index is -5.34. The summed E-state index contributed by atoms with van der Waals surface area (Å²) in [4.78, 5) is 14.0. The Balaban J connectivity index is 3.59. The van der Waals surface area contributed by atoms with E-state index in [1.54, 1.807) is 0 Å². The number of carbonyl (C=O) groups is 1. The van der Waals surface area contributed by atoms with Gasteiger partial charge in [0.2, 0.25) is 5.95 Å². The van der Waals surface area contributed by atoms with Crippen molar-refractivity contribution in [2.24, 2.45) is 0 Å². The molecule has 3 nitrogen and oxygen atoms in total. The van der Waals surface area contributed by atoms with E-state index in [0.717, 1.165) is 0 Å². The monoisotopic (exact) mass is 287 g/mol. The van der Waals surface area contributed by atoms with Crippen LogP contribution < -0.4 is 0 Å². The smallest absolute Gasteiger partial charge is 0.417 e. The molecule has 1 aromatic rings. The zero-order chi connectivity index (χ0) is 14.8. The summed E-state index contributed by atoms with van der Waals surface area (Å²) in [5.74, 6) is -3.50. The second kappa shape index (κ2) is 5.45. The molecule has 0 unspecified atom stereocenters. The molecule has 0 aromatic carbocycles. The Morgan fingerprint density at radius 2 is 2.00 bits per heavy atom. The third-order valence-electron chi connectivity index (χ3n) is 2.06. The molecule has 0 aliphatic carbocycles. The predicted octanol–water partition coefficient (Wildman–Crippen LogP) is 3.35. The van der Waals surface area contributed by atoms with Crippen molar-refractivity contribution >= 4 is 5.97 Å². The maximum Gasteiger partial charge on any atom is 0.417 e. The van der Waals surface area contributed by atoms with Gasteiger partial charge in [-0.05, 0) is 6.92 Å². The Bertz CT molecular complexity index is 486. The minimum absolute atomic E-state index is 0.0472. The first-order valence-electron chi connectivity index (χ1n) is 4.91. The van der Waals surface area contributed by atoms with Gasteiger partial charge in [0.25, 0.3) is 6.43 Å². The number of hydrogen-bond acceptors (Lipinski definition) is 3. The van der Waals surface area contributed by atoms with E-state index in [0.29, 0.717) is 0 Å². The first-order valence-corrected chi connectivity index (χ1v) is 4.91. The summed E-state index contributed by atoms with van der Waals surface area (Å²) in [5.41, 5.74) is -5.27. The highest BCUT2D eigenvalue weighted by atomic mass is 19.4. The maximum absolute atomic E-state index is 13.2. The molecule has 0 saturated heterocycles. The number of nitrogens with zero attached hydrogens (tertiary/aromatic N) is 1. The highest BCUT2D eigenvalue weighted by Crippen LogP contribution is 2.39. The summed E-state index contributed by atoms with van der Waals surface area (Å²) in [6, 6.07) is 0. The van der Waals surface area contributed by atoms with Crippen molar-refractivity contribution in [1.29, 1.82) is 0 Å². The first-order chi connectivity index (χ1) is 8.70. The Morgan fingerprint density at radius 3 is 2.42 bits per heavy atom. The van der Waals surface area contributed by atoms with E-state index in [4.69, 9.17) is 0 Å². The van der Waals surface area contributed by atoms with Gasteiger partial charge in [-0.15, -0.1) is 0 Å². The van der Waals surface area contributed by atoms with Crippen LogP contribution in [0, 0.1) is 5.95 Å². The molecule has 0 aliphatic heterocycles. The number of carbonyl (C=O) groups excluding carboxylic acids is 1. The fraction of sp³-hybridized carbons (Fsp3) is 0.400. The summed E-state index contributed by atoms with van der Waals surface area (Å²) in [6.45, 7) is 0.932. The summed E-state index contributed by atoms with van der Waals surface area (Å²) in [6.07, 6.45) is -8.85. The SMILES string of the molecule is CCOC(=O)c1c(F)ncc(C(F)F)c1C(F)(F)F. The van der Waals surface area contributed by atoms with Gasteiger partial charge in [-0.2, -0.15) is 17.6 Å². The molecule has 1 rings (SSSR count). The molecule has 19 heavy (non-hydrogen) atoms. The van der Waals surface area contributed by atoms with E-state index in [-0.39, 0.29) is 12.8 Å². The number of aromatic nitrogens is 1. The van der Waals surface area contributed by atoms with Crippen LogP contribution in [0.4, 0.5) is 26.3 Å². The normalized spacial score (nSPS) is 11.8. The van der Waals surface area contributed by atoms with Crippen molar-refractivity contribution < 1.29 is 35.9 Å². The van der Waals surface area contributed by atoms with E-state index >= 15 is 0 Å². The zero-order valence-electron chi connectivity index (χ0n) is 9.39. The molecule has 0 atom stereocenters. The molecule has 0 radical (unpaired) electrons. The van der Waals surface area contributed by atoms with Crippen LogP contribution in [0.15, 0.2) is 6.20 Å². The van der Waals surface area contributed by atoms with Crippen LogP contribution in [0.2, 0.25) is 0 Å². The van der Waals surface area contributed by atoms with E-state index in [1.165, 1.54) is 6.92 Å². The fourth-order valence-electron chi connectivity index (χ4n) is 1.36. The quantitative estimate of drug-likeness (QED) is 0.486. The van der Waals surface area contributed by atoms with Gasteiger partial charge >= 0.3 is 12.1 Å². The van der Waals surface area contributed by atoms with Gasteiger partial charge in [0, 0.05) is 11.8 Å². The highest BCUT2D eigenvalue weighted by Gasteiger charge is 2.42. The minimum Gasteiger partial charge on any atom is -0.462 e. The van der Waals surface area contributed by atoms with E-state index < -0.39 is 41.2 Å². The Labute approximate surface area is 103 Å². The van der Waals surface area contributed by atoms with Crippen molar-refractivity contribution in [2.45, 2.75) is 19.5 Å². The first kappa shape index (κ1) is 15.3. The van der Waals surface area contributed by atoms with Gasteiger partial charge in [0.15, 0.2) is 0 Å².